The van der Waals surface area contributed by atoms with Crippen LogP contribution in [0, 0.1) is 13.8 Å². The number of hydrogen-bond donors (Lipinski definition) is 1. The molecule has 1 aromatic heterocycles. The Labute approximate surface area is 130 Å². The van der Waals surface area contributed by atoms with Crippen LogP contribution in [0.4, 0.5) is 5.69 Å². The number of hydrogen-bond acceptors (Lipinski definition) is 3. The number of anilines is 1. The van der Waals surface area contributed by atoms with E-state index < -0.39 is 0 Å². The van der Waals surface area contributed by atoms with Crippen LogP contribution in [0.15, 0.2) is 12.1 Å². The predicted molar refractivity (Wildman–Crippen MR) is 87.4 cm³/mol. The number of nitrogens with zero attached hydrogens (tertiary/aromatic N) is 2. The third kappa shape index (κ3) is 3.00. The maximum atomic E-state index is 6.30. The van der Waals surface area contributed by atoms with Gasteiger partial charge in [-0.25, -0.2) is 4.68 Å². The van der Waals surface area contributed by atoms with Crippen LogP contribution in [-0.4, -0.2) is 9.78 Å². The summed E-state index contributed by atoms with van der Waals surface area (Å²) in [7, 11) is 0. The maximum absolute atomic E-state index is 6.30. The van der Waals surface area contributed by atoms with Crippen molar-refractivity contribution in [3.05, 3.63) is 34.0 Å². The van der Waals surface area contributed by atoms with Crippen molar-refractivity contribution in [2.75, 3.05) is 5.73 Å². The van der Waals surface area contributed by atoms with E-state index in [1.165, 1.54) is 0 Å². The molecule has 0 aliphatic heterocycles. The molecule has 0 saturated carbocycles. The van der Waals surface area contributed by atoms with Crippen molar-refractivity contribution < 1.29 is 4.74 Å². The lowest BCUT2D eigenvalue weighted by molar-refractivity contribution is 0.415. The fourth-order valence-electron chi connectivity index (χ4n) is 2.22. The molecule has 2 rings (SSSR count). The molecule has 0 aliphatic carbocycles. The summed E-state index contributed by atoms with van der Waals surface area (Å²) < 4.78 is 7.82. The van der Waals surface area contributed by atoms with Crippen molar-refractivity contribution in [2.45, 2.75) is 47.1 Å². The van der Waals surface area contributed by atoms with Gasteiger partial charge in [-0.2, -0.15) is 5.10 Å². The molecule has 0 atom stereocenters. The molecule has 0 bridgehead atoms. The van der Waals surface area contributed by atoms with E-state index in [1.54, 1.807) is 4.68 Å². The second-order valence-corrected chi connectivity index (χ2v) is 5.92. The summed E-state index contributed by atoms with van der Waals surface area (Å²) in [5.41, 5.74) is 9.47. The molecule has 4 nitrogen and oxygen atoms in total. The molecular formula is C16H22ClN3O. The summed E-state index contributed by atoms with van der Waals surface area (Å²) in [4.78, 5) is 0. The molecule has 0 unspecified atom stereocenters. The first-order valence-electron chi connectivity index (χ1n) is 7.15. The monoisotopic (exact) mass is 307 g/mol. The van der Waals surface area contributed by atoms with Gasteiger partial charge in [0.15, 0.2) is 0 Å². The van der Waals surface area contributed by atoms with Crippen LogP contribution >= 0.6 is 11.6 Å². The SMILES string of the molecule is CCn1nc(C)c(N)c1Oc1cc(C(C)C)c(Cl)cc1C. The van der Waals surface area contributed by atoms with Gasteiger partial charge in [0.1, 0.15) is 11.4 Å². The van der Waals surface area contributed by atoms with Gasteiger partial charge < -0.3 is 10.5 Å². The zero-order valence-corrected chi connectivity index (χ0v) is 14.0. The highest BCUT2D eigenvalue weighted by Gasteiger charge is 2.16. The van der Waals surface area contributed by atoms with Gasteiger partial charge in [-0.3, -0.25) is 0 Å². The standard InChI is InChI=1S/C16H22ClN3O/c1-6-20-16(15(18)11(5)19-20)21-14-8-12(9(2)3)13(17)7-10(14)4/h7-9H,6,18H2,1-5H3. The quantitative estimate of drug-likeness (QED) is 0.893. The van der Waals surface area contributed by atoms with Crippen molar-refractivity contribution >= 4 is 17.3 Å². The molecule has 0 aliphatic rings. The van der Waals surface area contributed by atoms with Crippen molar-refractivity contribution in [3.8, 4) is 11.6 Å². The Hall–Kier alpha value is -1.68. The van der Waals surface area contributed by atoms with Crippen LogP contribution in [0.5, 0.6) is 11.6 Å². The van der Waals surface area contributed by atoms with Gasteiger partial charge in [0.05, 0.1) is 5.69 Å². The van der Waals surface area contributed by atoms with E-state index in [9.17, 15) is 0 Å². The Balaban J connectivity index is 2.47. The molecule has 21 heavy (non-hydrogen) atoms. The minimum atomic E-state index is 0.329. The summed E-state index contributed by atoms with van der Waals surface area (Å²) in [5.74, 6) is 1.69. The highest BCUT2D eigenvalue weighted by Crippen LogP contribution is 2.36. The minimum absolute atomic E-state index is 0.329. The Bertz CT molecular complexity index is 662. The minimum Gasteiger partial charge on any atom is -0.437 e. The number of rotatable bonds is 4. The second-order valence-electron chi connectivity index (χ2n) is 5.52. The molecule has 0 radical (unpaired) electrons. The second kappa shape index (κ2) is 5.98. The van der Waals surface area contributed by atoms with E-state index in [-0.39, 0.29) is 0 Å². The van der Waals surface area contributed by atoms with E-state index in [0.29, 0.717) is 24.0 Å². The molecule has 0 fully saturated rings. The smallest absolute Gasteiger partial charge is 0.241 e. The van der Waals surface area contributed by atoms with Crippen molar-refractivity contribution in [1.82, 2.24) is 9.78 Å². The Kier molecular flexibility index (Phi) is 4.47. The molecule has 0 spiro atoms. The maximum Gasteiger partial charge on any atom is 0.241 e. The molecule has 1 heterocycles. The predicted octanol–water partition coefficient (Wildman–Crippen LogP) is 4.67. The van der Waals surface area contributed by atoms with Crippen molar-refractivity contribution in [3.63, 3.8) is 0 Å². The first kappa shape index (κ1) is 15.7. The van der Waals surface area contributed by atoms with E-state index in [1.807, 2.05) is 32.9 Å². The number of ether oxygens (including phenoxy) is 1. The Morgan fingerprint density at radius 1 is 1.33 bits per heavy atom. The number of nitrogen functional groups attached to an aromatic ring is 1. The van der Waals surface area contributed by atoms with E-state index >= 15 is 0 Å². The third-order valence-electron chi connectivity index (χ3n) is 3.55. The zero-order chi connectivity index (χ0) is 15.7. The molecule has 114 valence electrons. The van der Waals surface area contributed by atoms with Gasteiger partial charge in [-0.15, -0.1) is 0 Å². The van der Waals surface area contributed by atoms with Crippen molar-refractivity contribution in [1.29, 1.82) is 0 Å². The molecular weight excluding hydrogens is 286 g/mol. The highest BCUT2D eigenvalue weighted by molar-refractivity contribution is 6.31. The Morgan fingerprint density at radius 3 is 2.57 bits per heavy atom. The summed E-state index contributed by atoms with van der Waals surface area (Å²) in [5, 5.41) is 5.14. The van der Waals surface area contributed by atoms with Crippen LogP contribution in [0.2, 0.25) is 5.02 Å². The van der Waals surface area contributed by atoms with Gasteiger partial charge in [0.25, 0.3) is 0 Å². The average molecular weight is 308 g/mol. The highest BCUT2D eigenvalue weighted by atomic mass is 35.5. The van der Waals surface area contributed by atoms with Gasteiger partial charge in [0.2, 0.25) is 5.88 Å². The topological polar surface area (TPSA) is 53.1 Å². The normalized spacial score (nSPS) is 11.2. The molecule has 2 aromatic rings. The number of aryl methyl sites for hydroxylation is 3. The van der Waals surface area contributed by atoms with Crippen LogP contribution in [-0.2, 0) is 6.54 Å². The van der Waals surface area contributed by atoms with Crippen LogP contribution < -0.4 is 10.5 Å². The fraction of sp³-hybridized carbons (Fsp3) is 0.438. The third-order valence-corrected chi connectivity index (χ3v) is 3.88. The average Bonchev–Trinajstić information content (AvgIpc) is 2.68. The summed E-state index contributed by atoms with van der Waals surface area (Å²) in [6.45, 7) is 10.8. The van der Waals surface area contributed by atoms with Gasteiger partial charge in [-0.05, 0) is 49.9 Å². The van der Waals surface area contributed by atoms with E-state index in [0.717, 1.165) is 27.6 Å². The first-order valence-corrected chi connectivity index (χ1v) is 7.53. The van der Waals surface area contributed by atoms with Gasteiger partial charge in [-0.1, -0.05) is 25.4 Å². The molecule has 1 aromatic carbocycles. The molecule has 0 saturated heterocycles. The summed E-state index contributed by atoms with van der Waals surface area (Å²) in [6, 6.07) is 3.92. The molecule has 0 amide bonds. The Morgan fingerprint density at radius 2 is 2.00 bits per heavy atom. The lowest BCUT2D eigenvalue weighted by Crippen LogP contribution is -2.02. The number of benzene rings is 1. The van der Waals surface area contributed by atoms with Gasteiger partial charge in [0, 0.05) is 11.6 Å². The lowest BCUT2D eigenvalue weighted by atomic mass is 10.0. The van der Waals surface area contributed by atoms with E-state index in [2.05, 4.69) is 18.9 Å². The first-order chi connectivity index (χ1) is 9.85. The summed E-state index contributed by atoms with van der Waals surface area (Å²) >= 11 is 6.30. The van der Waals surface area contributed by atoms with Gasteiger partial charge >= 0.3 is 0 Å². The van der Waals surface area contributed by atoms with Crippen LogP contribution in [0.25, 0.3) is 0 Å². The largest absolute Gasteiger partial charge is 0.437 e. The fourth-order valence-corrected chi connectivity index (χ4v) is 2.66. The number of aromatic nitrogens is 2. The summed E-state index contributed by atoms with van der Waals surface area (Å²) in [6.07, 6.45) is 0. The zero-order valence-electron chi connectivity index (χ0n) is 13.2. The lowest BCUT2D eigenvalue weighted by Gasteiger charge is -2.15. The van der Waals surface area contributed by atoms with E-state index in [4.69, 9.17) is 22.1 Å². The van der Waals surface area contributed by atoms with Crippen molar-refractivity contribution in [2.24, 2.45) is 0 Å². The molecule has 2 N–H and O–H groups in total. The van der Waals surface area contributed by atoms with Crippen LogP contribution in [0.1, 0.15) is 43.5 Å². The number of halogens is 1. The number of nitrogens with two attached hydrogens (primary N) is 1. The van der Waals surface area contributed by atoms with Crippen LogP contribution in [0.3, 0.4) is 0 Å². The molecule has 5 heteroatoms.